The fourth-order valence-electron chi connectivity index (χ4n) is 8.69. The van der Waals surface area contributed by atoms with Crippen LogP contribution in [0.5, 0.6) is 5.75 Å². The maximum absolute atomic E-state index is 13.4. The minimum atomic E-state index is -0.732. The number of likely N-dealkylation sites (tertiary alicyclic amines) is 1. The molecule has 3 aliphatic heterocycles. The number of nitrogens with one attached hydrogen (secondary N) is 5. The number of hydrogen-bond acceptors (Lipinski definition) is 13. The summed E-state index contributed by atoms with van der Waals surface area (Å²) >= 11 is 0. The van der Waals surface area contributed by atoms with Crippen LogP contribution in [0.3, 0.4) is 0 Å². The number of H-pyrrole nitrogens is 1. The van der Waals surface area contributed by atoms with Gasteiger partial charge in [-0.3, -0.25) is 39.4 Å². The summed E-state index contributed by atoms with van der Waals surface area (Å²) in [6.07, 6.45) is 9.24. The van der Waals surface area contributed by atoms with E-state index in [2.05, 4.69) is 48.4 Å². The Hall–Kier alpha value is -7.02. The van der Waals surface area contributed by atoms with Crippen molar-refractivity contribution in [3.63, 3.8) is 0 Å². The number of nitrogens with zero attached hydrogens (tertiary/aromatic N) is 5. The van der Waals surface area contributed by atoms with Gasteiger partial charge in [0.05, 0.1) is 25.4 Å². The predicted octanol–water partition coefficient (Wildman–Crippen LogP) is 5.20. The van der Waals surface area contributed by atoms with Gasteiger partial charge in [-0.05, 0) is 106 Å². The molecule has 1 atom stereocenters. The lowest BCUT2D eigenvalue weighted by Gasteiger charge is -2.40. The van der Waals surface area contributed by atoms with Crippen LogP contribution in [-0.2, 0) is 42.5 Å². The third-order valence-electron chi connectivity index (χ3n) is 12.5. The number of fused-ring (bicyclic) bond motifs is 1. The topological polar surface area (TPSA) is 222 Å². The van der Waals surface area contributed by atoms with E-state index >= 15 is 0 Å². The minimum absolute atomic E-state index is 0.162. The van der Waals surface area contributed by atoms with Gasteiger partial charge in [0.1, 0.15) is 18.4 Å². The molecule has 0 radical (unpaired) electrons. The third-order valence-corrected chi connectivity index (χ3v) is 12.5. The number of rotatable bonds is 22. The molecule has 5 N–H and O–H groups in total. The van der Waals surface area contributed by atoms with Crippen LogP contribution in [0, 0.1) is 0 Å². The van der Waals surface area contributed by atoms with Gasteiger partial charge in [-0.2, -0.15) is 5.10 Å². The Kier molecular flexibility index (Phi) is 15.8. The van der Waals surface area contributed by atoms with Crippen molar-refractivity contribution in [2.75, 3.05) is 63.8 Å². The van der Waals surface area contributed by atoms with Gasteiger partial charge in [-0.15, -0.1) is 0 Å². The van der Waals surface area contributed by atoms with Crippen molar-refractivity contribution in [1.29, 1.82) is 0 Å². The Labute approximate surface area is 394 Å². The highest BCUT2D eigenvalue weighted by Gasteiger charge is 2.41. The van der Waals surface area contributed by atoms with E-state index in [0.29, 0.717) is 54.6 Å². The quantitative estimate of drug-likeness (QED) is 0.0446. The number of carbonyl (C=O) groups excluding carboxylic acids is 5. The smallest absolute Gasteiger partial charge is 0.255 e. The van der Waals surface area contributed by atoms with Crippen LogP contribution in [0.1, 0.15) is 89.0 Å². The molecule has 0 aliphatic carbocycles. The Bertz CT molecular complexity index is 2560. The fourth-order valence-corrected chi connectivity index (χ4v) is 8.69. The highest BCUT2D eigenvalue weighted by Crippen LogP contribution is 2.36. The zero-order valence-corrected chi connectivity index (χ0v) is 38.3. The molecular weight excluding hydrogens is 869 g/mol. The number of amides is 5. The maximum atomic E-state index is 13.4. The molecule has 1 unspecified atom stereocenters. The summed E-state index contributed by atoms with van der Waals surface area (Å²) in [6.45, 7) is 3.86. The van der Waals surface area contributed by atoms with E-state index in [0.717, 1.165) is 80.0 Å². The van der Waals surface area contributed by atoms with Crippen molar-refractivity contribution < 1.29 is 38.2 Å². The molecule has 18 heteroatoms. The van der Waals surface area contributed by atoms with Gasteiger partial charge < -0.3 is 40.0 Å². The van der Waals surface area contributed by atoms with E-state index in [-0.39, 0.29) is 56.2 Å². The first-order chi connectivity index (χ1) is 33.1. The summed E-state index contributed by atoms with van der Waals surface area (Å²) in [6, 6.07) is 23.4. The van der Waals surface area contributed by atoms with E-state index in [1.807, 2.05) is 60.7 Å². The SMILES string of the molecule is CN1CCC(Nc2cccc(C(=O)NCc3cccc(OCCCCCCOCCOCC(=O)Nc4cccc5c4CN(C4CCC(=O)NC4=O)C5=O)c3)c2)(c2nc(-c3ccncc3)n[nH]2)CC1. The van der Waals surface area contributed by atoms with Crippen LogP contribution in [-0.4, -0.2) is 119 Å². The standard InChI is InChI=1S/C50H58N10O8/c1-59-23-19-50(20-24-59,49-55-45(57-58-49)35-17-21-51-22-18-35)56-37-11-7-10-36(30-37)46(63)52-31-34-9-6-12-38(29-34)68-26-5-3-2-4-25-66-27-28-67-33-44(62)53-41-14-8-13-39-40(41)32-60(48(39)65)42-15-16-43(61)54-47(42)64/h6-14,17-18,21-22,29-30,42,56H,2-5,15-16,19-20,23-28,31-33H2,1H3,(H,52,63)(H,53,62)(H,54,61,64)(H,55,57,58). The number of anilines is 2. The zero-order valence-electron chi connectivity index (χ0n) is 38.3. The second-order valence-corrected chi connectivity index (χ2v) is 17.4. The largest absolute Gasteiger partial charge is 0.494 e. The zero-order chi connectivity index (χ0) is 47.3. The summed E-state index contributed by atoms with van der Waals surface area (Å²) in [5.74, 6) is 0.459. The van der Waals surface area contributed by atoms with Crippen molar-refractivity contribution >= 4 is 40.9 Å². The summed E-state index contributed by atoms with van der Waals surface area (Å²) in [5.41, 5.74) is 4.26. The van der Waals surface area contributed by atoms with Crippen LogP contribution in [0.15, 0.2) is 91.3 Å². The third kappa shape index (κ3) is 12.1. The van der Waals surface area contributed by atoms with E-state index in [4.69, 9.17) is 19.2 Å². The Morgan fingerprint density at radius 1 is 0.868 bits per heavy atom. The molecule has 2 saturated heterocycles. The predicted molar refractivity (Wildman–Crippen MR) is 252 cm³/mol. The molecule has 68 heavy (non-hydrogen) atoms. The van der Waals surface area contributed by atoms with Gasteiger partial charge in [0, 0.05) is 85.2 Å². The minimum Gasteiger partial charge on any atom is -0.494 e. The van der Waals surface area contributed by atoms with Crippen molar-refractivity contribution in [2.24, 2.45) is 0 Å². The number of carbonyl (C=O) groups is 5. The average Bonchev–Trinajstić information content (AvgIpc) is 3.99. The van der Waals surface area contributed by atoms with Gasteiger partial charge >= 0.3 is 0 Å². The summed E-state index contributed by atoms with van der Waals surface area (Å²) in [7, 11) is 2.12. The monoisotopic (exact) mass is 926 g/mol. The molecule has 3 aromatic carbocycles. The molecule has 2 fully saturated rings. The van der Waals surface area contributed by atoms with Gasteiger partial charge in [-0.1, -0.05) is 30.7 Å². The van der Waals surface area contributed by atoms with Crippen LogP contribution < -0.4 is 26.0 Å². The van der Waals surface area contributed by atoms with Crippen molar-refractivity contribution in [3.05, 3.63) is 119 Å². The molecule has 5 heterocycles. The second-order valence-electron chi connectivity index (χ2n) is 17.4. The maximum Gasteiger partial charge on any atom is 0.255 e. The van der Waals surface area contributed by atoms with E-state index in [1.165, 1.54) is 4.90 Å². The van der Waals surface area contributed by atoms with Crippen molar-refractivity contribution in [2.45, 2.75) is 76.0 Å². The normalized spacial score (nSPS) is 16.8. The molecule has 2 aromatic heterocycles. The average molecular weight is 927 g/mol. The van der Waals surface area contributed by atoms with Crippen LogP contribution in [0.25, 0.3) is 11.4 Å². The highest BCUT2D eigenvalue weighted by atomic mass is 16.5. The molecule has 356 valence electrons. The number of aromatic amines is 1. The molecule has 5 aromatic rings. The summed E-state index contributed by atoms with van der Waals surface area (Å²) < 4.78 is 17.2. The Morgan fingerprint density at radius 3 is 2.47 bits per heavy atom. The van der Waals surface area contributed by atoms with Crippen LogP contribution in [0.4, 0.5) is 11.4 Å². The lowest BCUT2D eigenvalue weighted by molar-refractivity contribution is -0.137. The molecule has 3 aliphatic rings. The first-order valence-corrected chi connectivity index (χ1v) is 23.3. The van der Waals surface area contributed by atoms with Crippen LogP contribution in [0.2, 0.25) is 0 Å². The first kappa shape index (κ1) is 47.5. The van der Waals surface area contributed by atoms with Crippen LogP contribution >= 0.6 is 0 Å². The first-order valence-electron chi connectivity index (χ1n) is 23.3. The molecule has 8 rings (SSSR count). The second kappa shape index (κ2) is 22.6. The number of imide groups is 1. The van der Waals surface area contributed by atoms with Gasteiger partial charge in [0.15, 0.2) is 11.6 Å². The number of benzene rings is 3. The lowest BCUT2D eigenvalue weighted by atomic mass is 9.86. The van der Waals surface area contributed by atoms with Crippen molar-refractivity contribution in [3.8, 4) is 17.1 Å². The summed E-state index contributed by atoms with van der Waals surface area (Å²) in [4.78, 5) is 75.8. The number of unbranched alkanes of at least 4 members (excludes halogenated alkanes) is 3. The summed E-state index contributed by atoms with van der Waals surface area (Å²) in [5, 5.41) is 19.6. The van der Waals surface area contributed by atoms with Gasteiger partial charge in [-0.25, -0.2) is 4.98 Å². The molecule has 0 saturated carbocycles. The van der Waals surface area contributed by atoms with E-state index in [9.17, 15) is 24.0 Å². The fraction of sp³-hybridized carbons (Fsp3) is 0.400. The highest BCUT2D eigenvalue weighted by molar-refractivity contribution is 6.07. The number of hydrogen-bond donors (Lipinski definition) is 5. The molecule has 0 spiro atoms. The van der Waals surface area contributed by atoms with E-state index < -0.39 is 17.5 Å². The van der Waals surface area contributed by atoms with Gasteiger partial charge in [0.2, 0.25) is 17.7 Å². The number of ether oxygens (including phenoxy) is 3. The Morgan fingerprint density at radius 2 is 1.65 bits per heavy atom. The molecule has 0 bridgehead atoms. The van der Waals surface area contributed by atoms with Gasteiger partial charge in [0.25, 0.3) is 11.8 Å². The molecule has 18 nitrogen and oxygen atoms in total. The van der Waals surface area contributed by atoms with Crippen molar-refractivity contribution in [1.82, 2.24) is 40.6 Å². The number of piperidine rings is 2. The number of aromatic nitrogens is 4. The lowest BCUT2D eigenvalue weighted by Crippen LogP contribution is -2.52. The number of pyridine rings is 1. The Balaban J connectivity index is 0.688. The van der Waals surface area contributed by atoms with E-state index in [1.54, 1.807) is 30.6 Å². The molecular formula is C50H58N10O8. The molecule has 5 amide bonds.